The van der Waals surface area contributed by atoms with E-state index in [1.54, 1.807) is 0 Å². The van der Waals surface area contributed by atoms with Gasteiger partial charge in [-0.15, -0.1) is 0 Å². The third kappa shape index (κ3) is 6.58. The van der Waals surface area contributed by atoms with Gasteiger partial charge in [-0.2, -0.15) is 0 Å². The van der Waals surface area contributed by atoms with Crippen molar-refractivity contribution in [3.8, 4) is 22.3 Å². The van der Waals surface area contributed by atoms with E-state index >= 15 is 0 Å². The summed E-state index contributed by atoms with van der Waals surface area (Å²) in [6, 6.07) is 62.6. The van der Waals surface area contributed by atoms with E-state index in [0.717, 1.165) is 12.8 Å². The number of hydrogen-bond acceptors (Lipinski definition) is 0. The molecule has 0 amide bonds. The van der Waals surface area contributed by atoms with Crippen LogP contribution in [-0.4, -0.2) is 5.92 Å². The van der Waals surface area contributed by atoms with E-state index < -0.39 is 21.5 Å². The van der Waals surface area contributed by atoms with Crippen molar-refractivity contribution in [2.24, 2.45) is 0 Å². The van der Waals surface area contributed by atoms with Crippen molar-refractivity contribution in [2.45, 2.75) is 47.0 Å². The van der Waals surface area contributed by atoms with Crippen molar-refractivity contribution < 1.29 is 15.6 Å². The molecule has 60 heavy (non-hydrogen) atoms. The molecule has 10 rings (SSSR count). The maximum atomic E-state index is 8.95. The summed E-state index contributed by atoms with van der Waals surface area (Å²) in [6.45, 7) is 9.57. The van der Waals surface area contributed by atoms with Gasteiger partial charge in [0.1, 0.15) is 0 Å². The molecule has 2 aliphatic carbocycles. The fourth-order valence-electron chi connectivity index (χ4n) is 10.9. The van der Waals surface area contributed by atoms with Gasteiger partial charge in [-0.1, -0.05) is 0 Å². The summed E-state index contributed by atoms with van der Waals surface area (Å²) in [4.78, 5) is 0. The Balaban J connectivity index is 1.21. The molecule has 0 nitrogen and oxygen atoms in total. The molecule has 8 aromatic rings. The molecule has 0 heterocycles. The Morgan fingerprint density at radius 2 is 0.817 bits per heavy atom. The molecule has 2 aliphatic rings. The predicted molar refractivity (Wildman–Crippen MR) is 261 cm³/mol. The third-order valence-corrected chi connectivity index (χ3v) is 66.0. The average molecular weight is 912 g/mol. The second-order valence-corrected chi connectivity index (χ2v) is 60.2. The minimum absolute atomic E-state index is 0.0148. The van der Waals surface area contributed by atoms with Crippen LogP contribution in [0.3, 0.4) is 0 Å². The Bertz CT molecular complexity index is 2820. The van der Waals surface area contributed by atoms with E-state index in [2.05, 4.69) is 209 Å². The van der Waals surface area contributed by atoms with Gasteiger partial charge in [0.15, 0.2) is 0 Å². The van der Waals surface area contributed by atoms with Crippen LogP contribution in [0.5, 0.6) is 0 Å². The molecule has 0 N–H and O–H groups in total. The molecule has 4 heteroatoms. The van der Waals surface area contributed by atoms with Crippen LogP contribution in [0.15, 0.2) is 181 Å². The molecule has 2 unspecified atom stereocenters. The van der Waals surface area contributed by atoms with Crippen LogP contribution in [0, 0.1) is 0 Å². The van der Waals surface area contributed by atoms with E-state index in [9.17, 15) is 0 Å². The Labute approximate surface area is 364 Å². The van der Waals surface area contributed by atoms with Crippen molar-refractivity contribution in [2.75, 3.05) is 0 Å². The van der Waals surface area contributed by atoms with Gasteiger partial charge in [0.05, 0.1) is 0 Å². The summed E-state index contributed by atoms with van der Waals surface area (Å²) >= 11 is -5.09. The van der Waals surface area contributed by atoms with E-state index in [1.165, 1.54) is 99.5 Å². The van der Waals surface area contributed by atoms with Crippen molar-refractivity contribution >= 4 is 56.6 Å². The normalized spacial score (nSPS) is 16.7. The Morgan fingerprint density at radius 1 is 0.433 bits per heavy atom. The first-order chi connectivity index (χ1) is 29.1. The monoisotopic (exact) mass is 909 g/mol. The van der Waals surface area contributed by atoms with E-state index in [4.69, 9.17) is 17.0 Å². The summed E-state index contributed by atoms with van der Waals surface area (Å²) in [5.41, 5.74) is 18.1. The number of rotatable bonds is 9. The molecule has 2 atom stereocenters. The van der Waals surface area contributed by atoms with Crippen LogP contribution in [0.2, 0.25) is 13.1 Å². The fraction of sp³-hybridized carbons (Fsp3) is 0.143. The summed E-state index contributed by atoms with van der Waals surface area (Å²) in [5.74, 6) is -1.79. The average Bonchev–Trinajstić information content (AvgIpc) is 3.79. The Hall–Kier alpha value is -4.56. The fourth-order valence-corrected chi connectivity index (χ4v) is 43.8. The minimum atomic E-state index is -5.09. The molecule has 0 fully saturated rings. The van der Waals surface area contributed by atoms with Crippen LogP contribution in [0.1, 0.15) is 65.6 Å². The SMILES string of the molecule is CC1=Cc2c(-c3cccc4ccccc34)cc(Cc3ccccc3)cc2[CH]1[Zr]([Cl])([Cl])([CH]1C(C)=Cc2c(-c3cccc4ccccc34)cc(Cc3ccccc3)cc21)[SiH](C)C. The first-order valence-electron chi connectivity index (χ1n) is 21.4. The Kier molecular flexibility index (Phi) is 10.2. The summed E-state index contributed by atoms with van der Waals surface area (Å²) in [6.07, 6.45) is 6.60. The van der Waals surface area contributed by atoms with Gasteiger partial charge in [-0.05, 0) is 0 Å². The van der Waals surface area contributed by atoms with Crippen molar-refractivity contribution in [1.29, 1.82) is 0 Å². The first-order valence-corrected chi connectivity index (χ1v) is 37.7. The summed E-state index contributed by atoms with van der Waals surface area (Å²) in [7, 11) is 17.9. The molecular weight excluding hydrogens is 863 g/mol. The van der Waals surface area contributed by atoms with E-state index in [0.29, 0.717) is 0 Å². The van der Waals surface area contributed by atoms with Crippen LogP contribution in [0.4, 0.5) is 0 Å². The molecule has 0 aromatic heterocycles. The molecule has 0 aliphatic heterocycles. The molecule has 0 saturated heterocycles. The number of benzene rings is 8. The van der Waals surface area contributed by atoms with Gasteiger partial charge < -0.3 is 0 Å². The third-order valence-electron chi connectivity index (χ3n) is 13.7. The van der Waals surface area contributed by atoms with Crippen molar-refractivity contribution in [1.82, 2.24) is 0 Å². The van der Waals surface area contributed by atoms with Crippen LogP contribution < -0.4 is 0 Å². The molecule has 295 valence electrons. The second-order valence-electron chi connectivity index (χ2n) is 17.7. The first kappa shape index (κ1) is 39.6. The van der Waals surface area contributed by atoms with Gasteiger partial charge in [0, 0.05) is 0 Å². The maximum absolute atomic E-state index is 8.95. The molecule has 0 bridgehead atoms. The predicted octanol–water partition coefficient (Wildman–Crippen LogP) is 16.1. The zero-order chi connectivity index (χ0) is 41.2. The number of hydrogen-bond donors (Lipinski definition) is 0. The molecular formula is C56H49Cl2SiZr. The van der Waals surface area contributed by atoms with Crippen molar-refractivity contribution in [3.63, 3.8) is 0 Å². The standard InChI is InChI=1S/2C27H21.C2H7Si.2ClH.Zr/c2*1-19-14-23-17-21(16-20-8-3-2-4-9-20)18-27(26(23)15-19)25-13-7-11-22-10-5-6-12-24(22)25;1-3-2;;;/h2*2-15,17-18H,16H2,1H3;3H,1-2H3;2*1H;/q;;;;;+2/p-2. The summed E-state index contributed by atoms with van der Waals surface area (Å²) in [5, 5.41) is 5.03. The molecule has 0 saturated carbocycles. The van der Waals surface area contributed by atoms with E-state index in [1.807, 2.05) is 0 Å². The molecule has 0 spiro atoms. The van der Waals surface area contributed by atoms with Gasteiger partial charge in [-0.25, -0.2) is 0 Å². The zero-order valence-corrected chi connectivity index (χ0v) is 39.8. The van der Waals surface area contributed by atoms with Crippen LogP contribution in [-0.2, 0) is 28.4 Å². The van der Waals surface area contributed by atoms with E-state index in [-0.39, 0.29) is 7.25 Å². The van der Waals surface area contributed by atoms with Crippen LogP contribution >= 0.6 is 17.0 Å². The quantitative estimate of drug-likeness (QED) is 0.127. The number of fused-ring (bicyclic) bond motifs is 4. The molecule has 0 radical (unpaired) electrons. The Morgan fingerprint density at radius 3 is 1.23 bits per heavy atom. The van der Waals surface area contributed by atoms with Gasteiger partial charge in [0.2, 0.25) is 0 Å². The topological polar surface area (TPSA) is 0 Å². The van der Waals surface area contributed by atoms with Gasteiger partial charge >= 0.3 is 367 Å². The van der Waals surface area contributed by atoms with Gasteiger partial charge in [0.25, 0.3) is 0 Å². The van der Waals surface area contributed by atoms with Gasteiger partial charge in [-0.3, -0.25) is 0 Å². The number of allylic oxidation sites excluding steroid dienone is 2. The zero-order valence-electron chi connectivity index (χ0n) is 34.7. The van der Waals surface area contributed by atoms with Crippen molar-refractivity contribution in [3.05, 3.63) is 226 Å². The number of halogens is 2. The molecule has 8 aromatic carbocycles. The second kappa shape index (κ2) is 15.4. The van der Waals surface area contributed by atoms with Crippen LogP contribution in [0.25, 0.3) is 56.0 Å². The summed E-state index contributed by atoms with van der Waals surface area (Å²) < 4.78 is -0.0297.